The molecule has 3 rings (SSSR count). The van der Waals surface area contributed by atoms with E-state index in [9.17, 15) is 4.79 Å². The van der Waals surface area contributed by atoms with Crippen LogP contribution >= 0.6 is 23.2 Å². The van der Waals surface area contributed by atoms with Gasteiger partial charge in [0.05, 0.1) is 5.69 Å². The van der Waals surface area contributed by atoms with E-state index in [1.165, 1.54) is 0 Å². The maximum atomic E-state index is 12.6. The third-order valence-corrected chi connectivity index (χ3v) is 5.62. The molecule has 1 saturated heterocycles. The number of anilines is 1. The largest absolute Gasteiger partial charge is 0.368 e. The molecule has 1 amide bonds. The van der Waals surface area contributed by atoms with Crippen LogP contribution in [0.2, 0.25) is 10.2 Å². The van der Waals surface area contributed by atoms with Gasteiger partial charge in [0.15, 0.2) is 0 Å². The lowest BCUT2D eigenvalue weighted by Crippen LogP contribution is -2.48. The minimum atomic E-state index is 0.00233. The molecule has 2 aromatic rings. The lowest BCUT2D eigenvalue weighted by atomic mass is 10.2. The molecular weight excluding hydrogens is 395 g/mol. The molecule has 1 aliphatic rings. The Labute approximate surface area is 176 Å². The second-order valence-corrected chi connectivity index (χ2v) is 7.79. The number of carbonyl (C=O) groups is 1. The van der Waals surface area contributed by atoms with Gasteiger partial charge in [0.2, 0.25) is 5.91 Å². The number of carbonyl (C=O) groups excluding carboxylic acids is 1. The Bertz CT molecular complexity index is 854. The number of unbranched alkanes of at least 4 members (excludes halogenated alkanes) is 1. The van der Waals surface area contributed by atoms with Crippen molar-refractivity contribution in [2.24, 2.45) is 0 Å². The Morgan fingerprint density at radius 3 is 2.64 bits per heavy atom. The van der Waals surface area contributed by atoms with Crippen LogP contribution < -0.4 is 4.90 Å². The molecule has 0 radical (unpaired) electrons. The van der Waals surface area contributed by atoms with Crippen LogP contribution in [-0.4, -0.2) is 46.8 Å². The Hall–Kier alpha value is -1.98. The van der Waals surface area contributed by atoms with Crippen molar-refractivity contribution >= 4 is 40.9 Å². The smallest absolute Gasteiger partial charge is 0.246 e. The van der Waals surface area contributed by atoms with Gasteiger partial charge < -0.3 is 9.80 Å². The molecule has 0 bridgehead atoms. The average Bonchev–Trinajstić information content (AvgIpc) is 2.97. The Balaban J connectivity index is 1.59. The van der Waals surface area contributed by atoms with E-state index in [1.807, 2.05) is 40.8 Å². The number of aryl methyl sites for hydroxylation is 2. The first-order chi connectivity index (χ1) is 13.5. The number of rotatable bonds is 6. The van der Waals surface area contributed by atoms with Crippen molar-refractivity contribution in [1.82, 2.24) is 14.7 Å². The molecular formula is C21H26Cl2N4O. The summed E-state index contributed by atoms with van der Waals surface area (Å²) in [5.74, 6) is 0.00233. The van der Waals surface area contributed by atoms with Gasteiger partial charge in [-0.3, -0.25) is 9.48 Å². The van der Waals surface area contributed by atoms with E-state index in [2.05, 4.69) is 16.9 Å². The number of nitrogens with zero attached hydrogens (tertiary/aromatic N) is 4. The second kappa shape index (κ2) is 9.48. The van der Waals surface area contributed by atoms with Crippen LogP contribution in [0.1, 0.15) is 31.0 Å². The van der Waals surface area contributed by atoms with Gasteiger partial charge >= 0.3 is 0 Å². The van der Waals surface area contributed by atoms with Crippen molar-refractivity contribution in [2.75, 3.05) is 31.1 Å². The van der Waals surface area contributed by atoms with Crippen molar-refractivity contribution in [3.63, 3.8) is 0 Å². The Morgan fingerprint density at radius 2 is 1.96 bits per heavy atom. The molecule has 7 heteroatoms. The molecule has 0 N–H and O–H groups in total. The molecule has 1 aromatic carbocycles. The summed E-state index contributed by atoms with van der Waals surface area (Å²) in [4.78, 5) is 16.7. The normalized spacial score (nSPS) is 14.9. The predicted molar refractivity (Wildman–Crippen MR) is 116 cm³/mol. The number of benzene rings is 1. The first kappa shape index (κ1) is 20.7. The van der Waals surface area contributed by atoms with Gasteiger partial charge in [0.25, 0.3) is 0 Å². The molecule has 1 aromatic heterocycles. The summed E-state index contributed by atoms with van der Waals surface area (Å²) in [6, 6.07) is 7.82. The van der Waals surface area contributed by atoms with Gasteiger partial charge in [-0.05, 0) is 37.6 Å². The number of aromatic nitrogens is 2. The van der Waals surface area contributed by atoms with E-state index >= 15 is 0 Å². The zero-order chi connectivity index (χ0) is 20.1. The third-order valence-electron chi connectivity index (χ3n) is 4.99. The highest BCUT2D eigenvalue weighted by atomic mass is 35.5. The SMILES string of the molecule is CCCCn1nc(C)c(/C=C/C(=O)N2CCN(c3cccc(Cl)c3)CC2)c1Cl. The minimum absolute atomic E-state index is 0.00233. The topological polar surface area (TPSA) is 41.4 Å². The summed E-state index contributed by atoms with van der Waals surface area (Å²) in [5, 5.41) is 5.81. The van der Waals surface area contributed by atoms with Gasteiger partial charge in [-0.25, -0.2) is 0 Å². The monoisotopic (exact) mass is 420 g/mol. The highest BCUT2D eigenvalue weighted by Crippen LogP contribution is 2.23. The molecule has 0 aliphatic carbocycles. The van der Waals surface area contributed by atoms with Crippen LogP contribution in [0.3, 0.4) is 0 Å². The maximum absolute atomic E-state index is 12.6. The minimum Gasteiger partial charge on any atom is -0.368 e. The summed E-state index contributed by atoms with van der Waals surface area (Å²) in [7, 11) is 0. The fourth-order valence-electron chi connectivity index (χ4n) is 3.33. The average molecular weight is 421 g/mol. The molecule has 1 aliphatic heterocycles. The fourth-order valence-corrected chi connectivity index (χ4v) is 3.84. The van der Waals surface area contributed by atoms with Crippen LogP contribution in [0.4, 0.5) is 5.69 Å². The van der Waals surface area contributed by atoms with Crippen molar-refractivity contribution in [3.05, 3.63) is 51.8 Å². The number of hydrogen-bond acceptors (Lipinski definition) is 3. The molecule has 2 heterocycles. The van der Waals surface area contributed by atoms with Crippen molar-refractivity contribution < 1.29 is 4.79 Å². The summed E-state index contributed by atoms with van der Waals surface area (Å²) >= 11 is 12.5. The molecule has 1 fully saturated rings. The summed E-state index contributed by atoms with van der Waals surface area (Å²) in [5.41, 5.74) is 2.76. The number of hydrogen-bond donors (Lipinski definition) is 0. The first-order valence-corrected chi connectivity index (χ1v) is 10.5. The van der Waals surface area contributed by atoms with E-state index in [0.717, 1.165) is 54.4 Å². The Kier molecular flexibility index (Phi) is 7.03. The van der Waals surface area contributed by atoms with Crippen molar-refractivity contribution in [3.8, 4) is 0 Å². The summed E-state index contributed by atoms with van der Waals surface area (Å²) in [6.07, 6.45) is 5.51. The number of halogens is 2. The van der Waals surface area contributed by atoms with E-state index in [0.29, 0.717) is 18.2 Å². The molecule has 0 saturated carbocycles. The van der Waals surface area contributed by atoms with Gasteiger partial charge in [-0.2, -0.15) is 5.10 Å². The molecule has 28 heavy (non-hydrogen) atoms. The van der Waals surface area contributed by atoms with Gasteiger partial charge in [0.1, 0.15) is 5.15 Å². The van der Waals surface area contributed by atoms with Crippen molar-refractivity contribution in [2.45, 2.75) is 33.2 Å². The van der Waals surface area contributed by atoms with Gasteiger partial charge in [-0.15, -0.1) is 0 Å². The summed E-state index contributed by atoms with van der Waals surface area (Å²) in [6.45, 7) is 7.78. The maximum Gasteiger partial charge on any atom is 0.246 e. The van der Waals surface area contributed by atoms with Crippen molar-refractivity contribution in [1.29, 1.82) is 0 Å². The highest BCUT2D eigenvalue weighted by molar-refractivity contribution is 6.31. The highest BCUT2D eigenvalue weighted by Gasteiger charge is 2.20. The quantitative estimate of drug-likeness (QED) is 0.637. The predicted octanol–water partition coefficient (Wildman–Crippen LogP) is 4.66. The third kappa shape index (κ3) is 4.89. The fraction of sp³-hybridized carbons (Fsp3) is 0.429. The van der Waals surface area contributed by atoms with Crippen LogP contribution in [-0.2, 0) is 11.3 Å². The van der Waals surface area contributed by atoms with Crippen LogP contribution in [0.5, 0.6) is 0 Å². The number of piperazine rings is 1. The van der Waals surface area contributed by atoms with E-state index in [4.69, 9.17) is 23.2 Å². The molecule has 0 spiro atoms. The zero-order valence-electron chi connectivity index (χ0n) is 16.4. The van der Waals surface area contributed by atoms with E-state index in [1.54, 1.807) is 12.2 Å². The first-order valence-electron chi connectivity index (χ1n) is 9.70. The molecule has 0 atom stereocenters. The molecule has 150 valence electrons. The second-order valence-electron chi connectivity index (χ2n) is 6.99. The molecule has 5 nitrogen and oxygen atoms in total. The Morgan fingerprint density at radius 1 is 1.21 bits per heavy atom. The zero-order valence-corrected chi connectivity index (χ0v) is 17.9. The van der Waals surface area contributed by atoms with Gasteiger partial charge in [0, 0.05) is 55.1 Å². The van der Waals surface area contributed by atoms with Crippen LogP contribution in [0.25, 0.3) is 6.08 Å². The molecule has 0 unspecified atom stereocenters. The standard InChI is InChI=1S/C21H26Cl2N4O/c1-3-4-10-27-21(23)19(16(2)24-27)8-9-20(28)26-13-11-25(12-14-26)18-7-5-6-17(22)15-18/h5-9,15H,3-4,10-14H2,1-2H3/b9-8+. The summed E-state index contributed by atoms with van der Waals surface area (Å²) < 4.78 is 1.81. The van der Waals surface area contributed by atoms with Gasteiger partial charge in [-0.1, -0.05) is 42.6 Å². The lowest BCUT2D eigenvalue weighted by molar-refractivity contribution is -0.126. The van der Waals surface area contributed by atoms with E-state index < -0.39 is 0 Å². The lowest BCUT2D eigenvalue weighted by Gasteiger charge is -2.35. The van der Waals surface area contributed by atoms with Crippen LogP contribution in [0.15, 0.2) is 30.3 Å². The van der Waals surface area contributed by atoms with Crippen LogP contribution in [0, 0.1) is 6.92 Å². The van der Waals surface area contributed by atoms with E-state index in [-0.39, 0.29) is 5.91 Å². The number of amides is 1.